The van der Waals surface area contributed by atoms with E-state index in [1.807, 2.05) is 24.3 Å². The summed E-state index contributed by atoms with van der Waals surface area (Å²) >= 11 is 0. The van der Waals surface area contributed by atoms with Crippen LogP contribution in [0.25, 0.3) is 0 Å². The Morgan fingerprint density at radius 2 is 2.05 bits per heavy atom. The SMILES string of the molecule is CCC1CCCCCN1C(=O)c1ccccc1NC(C)C. The molecule has 2 rings (SSSR count). The maximum Gasteiger partial charge on any atom is 0.256 e. The summed E-state index contributed by atoms with van der Waals surface area (Å²) in [4.78, 5) is 15.1. The molecule has 0 aliphatic carbocycles. The van der Waals surface area contributed by atoms with Gasteiger partial charge in [-0.1, -0.05) is 31.9 Å². The van der Waals surface area contributed by atoms with Gasteiger partial charge >= 0.3 is 0 Å². The Bertz CT molecular complexity index is 470. The molecule has 0 bridgehead atoms. The van der Waals surface area contributed by atoms with Gasteiger partial charge in [0, 0.05) is 24.3 Å². The predicted molar refractivity (Wildman–Crippen MR) is 88.8 cm³/mol. The van der Waals surface area contributed by atoms with Gasteiger partial charge in [-0.2, -0.15) is 0 Å². The standard InChI is InChI=1S/C18H28N2O/c1-4-15-10-6-5-9-13-20(15)18(21)16-11-7-8-12-17(16)19-14(2)3/h7-8,11-12,14-15,19H,4-6,9-10,13H2,1-3H3. The van der Waals surface area contributed by atoms with E-state index in [-0.39, 0.29) is 5.91 Å². The fourth-order valence-electron chi connectivity index (χ4n) is 3.13. The third kappa shape index (κ3) is 3.99. The minimum Gasteiger partial charge on any atom is -0.382 e. The Morgan fingerprint density at radius 1 is 1.29 bits per heavy atom. The van der Waals surface area contributed by atoms with Gasteiger partial charge in [-0.3, -0.25) is 4.79 Å². The van der Waals surface area contributed by atoms with Gasteiger partial charge in [-0.25, -0.2) is 0 Å². The molecule has 1 heterocycles. The van der Waals surface area contributed by atoms with Crippen LogP contribution >= 0.6 is 0 Å². The van der Waals surface area contributed by atoms with E-state index >= 15 is 0 Å². The topological polar surface area (TPSA) is 32.3 Å². The van der Waals surface area contributed by atoms with E-state index in [0.717, 1.165) is 37.1 Å². The second-order valence-electron chi connectivity index (χ2n) is 6.25. The van der Waals surface area contributed by atoms with E-state index < -0.39 is 0 Å². The lowest BCUT2D eigenvalue weighted by Gasteiger charge is -2.30. The van der Waals surface area contributed by atoms with Crippen LogP contribution in [0.1, 0.15) is 63.2 Å². The third-order valence-electron chi connectivity index (χ3n) is 4.21. The third-order valence-corrected chi connectivity index (χ3v) is 4.21. The number of rotatable bonds is 4. The van der Waals surface area contributed by atoms with Crippen LogP contribution in [-0.4, -0.2) is 29.4 Å². The minimum atomic E-state index is 0.188. The molecule has 0 spiro atoms. The summed E-state index contributed by atoms with van der Waals surface area (Å²) in [7, 11) is 0. The van der Waals surface area contributed by atoms with Crippen LogP contribution in [0.3, 0.4) is 0 Å². The van der Waals surface area contributed by atoms with Crippen molar-refractivity contribution in [2.75, 3.05) is 11.9 Å². The molecule has 1 aliphatic rings. The molecule has 1 amide bonds. The number of hydrogen-bond acceptors (Lipinski definition) is 2. The molecule has 0 saturated carbocycles. The van der Waals surface area contributed by atoms with Crippen LogP contribution in [0.4, 0.5) is 5.69 Å². The van der Waals surface area contributed by atoms with E-state index in [2.05, 4.69) is 31.0 Å². The first-order valence-electron chi connectivity index (χ1n) is 8.30. The number of likely N-dealkylation sites (tertiary alicyclic amines) is 1. The van der Waals surface area contributed by atoms with Gasteiger partial charge in [-0.15, -0.1) is 0 Å². The van der Waals surface area contributed by atoms with Gasteiger partial charge in [0.05, 0.1) is 5.56 Å². The lowest BCUT2D eigenvalue weighted by atomic mass is 10.1. The molecule has 116 valence electrons. The van der Waals surface area contributed by atoms with Crippen molar-refractivity contribution in [2.24, 2.45) is 0 Å². The zero-order valence-corrected chi connectivity index (χ0v) is 13.6. The van der Waals surface area contributed by atoms with Crippen LogP contribution in [0.2, 0.25) is 0 Å². The van der Waals surface area contributed by atoms with E-state index in [1.165, 1.54) is 12.8 Å². The molecule has 0 aromatic heterocycles. The summed E-state index contributed by atoms with van der Waals surface area (Å²) in [5.74, 6) is 0.188. The zero-order chi connectivity index (χ0) is 15.2. The number of benzene rings is 1. The number of para-hydroxylation sites is 1. The van der Waals surface area contributed by atoms with E-state index in [1.54, 1.807) is 0 Å². The molecule has 3 nitrogen and oxygen atoms in total. The molecule has 1 atom stereocenters. The van der Waals surface area contributed by atoms with Gasteiger partial charge in [0.1, 0.15) is 0 Å². The van der Waals surface area contributed by atoms with Crippen LogP contribution in [0.5, 0.6) is 0 Å². The van der Waals surface area contributed by atoms with Crippen molar-refractivity contribution >= 4 is 11.6 Å². The average molecular weight is 288 g/mol. The zero-order valence-electron chi connectivity index (χ0n) is 13.6. The number of anilines is 1. The highest BCUT2D eigenvalue weighted by molar-refractivity contribution is 5.99. The van der Waals surface area contributed by atoms with Crippen LogP contribution in [0.15, 0.2) is 24.3 Å². The van der Waals surface area contributed by atoms with Crippen molar-refractivity contribution in [3.63, 3.8) is 0 Å². The summed E-state index contributed by atoms with van der Waals surface area (Å²) in [6, 6.07) is 8.62. The molecule has 21 heavy (non-hydrogen) atoms. The Morgan fingerprint density at radius 3 is 2.76 bits per heavy atom. The molecule has 3 heteroatoms. The Kier molecular flexibility index (Phi) is 5.66. The molecule has 1 aromatic rings. The Labute approximate surface area is 128 Å². The average Bonchev–Trinajstić information content (AvgIpc) is 2.71. The van der Waals surface area contributed by atoms with Gasteiger partial charge in [0.25, 0.3) is 5.91 Å². The highest BCUT2D eigenvalue weighted by Gasteiger charge is 2.26. The van der Waals surface area contributed by atoms with Gasteiger partial charge in [0.15, 0.2) is 0 Å². The Balaban J connectivity index is 2.25. The number of carbonyl (C=O) groups is 1. The molecular weight excluding hydrogens is 260 g/mol. The van der Waals surface area contributed by atoms with Crippen LogP contribution in [0, 0.1) is 0 Å². The van der Waals surface area contributed by atoms with Gasteiger partial charge < -0.3 is 10.2 Å². The van der Waals surface area contributed by atoms with Gasteiger partial charge in [-0.05, 0) is 45.2 Å². The van der Waals surface area contributed by atoms with Crippen molar-refractivity contribution in [1.29, 1.82) is 0 Å². The first-order chi connectivity index (χ1) is 10.1. The molecule has 1 unspecified atom stereocenters. The molecule has 1 N–H and O–H groups in total. The summed E-state index contributed by atoms with van der Waals surface area (Å²) in [6.07, 6.45) is 5.80. The molecule has 0 radical (unpaired) electrons. The van der Waals surface area contributed by atoms with E-state index in [0.29, 0.717) is 12.1 Å². The number of hydrogen-bond donors (Lipinski definition) is 1. The van der Waals surface area contributed by atoms with Crippen molar-refractivity contribution < 1.29 is 4.79 Å². The molecular formula is C18H28N2O. The predicted octanol–water partition coefficient (Wildman–Crippen LogP) is 4.30. The lowest BCUT2D eigenvalue weighted by Crippen LogP contribution is -2.40. The first kappa shape index (κ1) is 15.9. The monoisotopic (exact) mass is 288 g/mol. The smallest absolute Gasteiger partial charge is 0.256 e. The second kappa shape index (κ2) is 7.48. The normalized spacial score (nSPS) is 19.4. The maximum absolute atomic E-state index is 13.0. The van der Waals surface area contributed by atoms with E-state index in [9.17, 15) is 4.79 Å². The minimum absolute atomic E-state index is 0.188. The Hall–Kier alpha value is -1.51. The van der Waals surface area contributed by atoms with Crippen molar-refractivity contribution in [3.8, 4) is 0 Å². The second-order valence-corrected chi connectivity index (χ2v) is 6.25. The summed E-state index contributed by atoms with van der Waals surface area (Å²) in [6.45, 7) is 7.28. The molecule has 1 saturated heterocycles. The fourth-order valence-corrected chi connectivity index (χ4v) is 3.13. The fraction of sp³-hybridized carbons (Fsp3) is 0.611. The van der Waals surface area contributed by atoms with Crippen molar-refractivity contribution in [1.82, 2.24) is 4.90 Å². The van der Waals surface area contributed by atoms with E-state index in [4.69, 9.17) is 0 Å². The summed E-state index contributed by atoms with van der Waals surface area (Å²) < 4.78 is 0. The lowest BCUT2D eigenvalue weighted by molar-refractivity contribution is 0.0679. The van der Waals surface area contributed by atoms with Crippen molar-refractivity contribution in [3.05, 3.63) is 29.8 Å². The summed E-state index contributed by atoms with van der Waals surface area (Å²) in [5, 5.41) is 3.39. The van der Waals surface area contributed by atoms with Crippen LogP contribution < -0.4 is 5.32 Å². The first-order valence-corrected chi connectivity index (χ1v) is 8.30. The van der Waals surface area contributed by atoms with Gasteiger partial charge in [0.2, 0.25) is 0 Å². The molecule has 1 fully saturated rings. The van der Waals surface area contributed by atoms with Crippen molar-refractivity contribution in [2.45, 2.75) is 65.0 Å². The highest BCUT2D eigenvalue weighted by Crippen LogP contribution is 2.24. The number of carbonyl (C=O) groups excluding carboxylic acids is 1. The quantitative estimate of drug-likeness (QED) is 0.895. The number of nitrogens with one attached hydrogen (secondary N) is 1. The summed E-state index contributed by atoms with van der Waals surface area (Å²) in [5.41, 5.74) is 1.77. The molecule has 1 aliphatic heterocycles. The van der Waals surface area contributed by atoms with Crippen LogP contribution in [-0.2, 0) is 0 Å². The molecule has 1 aromatic carbocycles. The largest absolute Gasteiger partial charge is 0.382 e. The number of nitrogens with zero attached hydrogens (tertiary/aromatic N) is 1. The highest BCUT2D eigenvalue weighted by atomic mass is 16.2. The maximum atomic E-state index is 13.0. The number of amides is 1.